The van der Waals surface area contributed by atoms with Crippen LogP contribution in [0, 0.1) is 41.4 Å². The Labute approximate surface area is 323 Å². The fourth-order valence-electron chi connectivity index (χ4n) is 4.29. The molecule has 3 amide bonds. The van der Waals surface area contributed by atoms with Crippen LogP contribution in [0.3, 0.4) is 0 Å². The number of rotatable bonds is 25. The first-order chi connectivity index (χ1) is 23.3. The van der Waals surface area contributed by atoms with Crippen molar-refractivity contribution >= 4 is 70.4 Å². The van der Waals surface area contributed by atoms with Gasteiger partial charge in [-0.25, -0.2) is 0 Å². The number of thioether (sulfide) groups is 3. The Balaban J connectivity index is -0.000000679. The molecule has 13 heteroatoms. The second-order valence-corrected chi connectivity index (χ2v) is 19.5. The van der Waals surface area contributed by atoms with Crippen molar-refractivity contribution in [1.82, 2.24) is 5.32 Å². The summed E-state index contributed by atoms with van der Waals surface area (Å²) in [5, 5.41) is 3.12. The maximum absolute atomic E-state index is 11.7. The molecule has 51 heavy (non-hydrogen) atoms. The third-order valence-corrected chi connectivity index (χ3v) is 11.4. The van der Waals surface area contributed by atoms with E-state index in [1.54, 1.807) is 23.5 Å². The lowest BCUT2D eigenvalue weighted by molar-refractivity contribution is -0.123. The lowest BCUT2D eigenvalue weighted by atomic mass is 9.86. The van der Waals surface area contributed by atoms with E-state index in [1.165, 1.54) is 11.8 Å². The first-order valence-electron chi connectivity index (χ1n) is 18.3. The Morgan fingerprint density at radius 1 is 0.588 bits per heavy atom. The number of amides is 3. The first-order valence-corrected chi connectivity index (χ1v) is 21.6. The Hall–Kier alpha value is -1.57. The lowest BCUT2D eigenvalue weighted by Gasteiger charge is -2.32. The highest BCUT2D eigenvalue weighted by atomic mass is 32.2. The van der Waals surface area contributed by atoms with Gasteiger partial charge in [0.25, 0.3) is 0 Å². The van der Waals surface area contributed by atoms with Gasteiger partial charge < -0.3 is 22.5 Å². The number of carbonyl (C=O) groups excluding carboxylic acids is 6. The smallest absolute Gasteiger partial charge is 0.234 e. The monoisotopic (exact) mass is 778 g/mol. The molecule has 300 valence electrons. The fraction of sp³-hybridized carbons (Fsp3) is 0.842. The molecule has 7 N–H and O–H groups in total. The van der Waals surface area contributed by atoms with Gasteiger partial charge in [-0.1, -0.05) is 83.1 Å². The van der Waals surface area contributed by atoms with Gasteiger partial charge in [-0.3, -0.25) is 28.8 Å². The molecule has 0 aromatic carbocycles. The number of carbonyl (C=O) groups is 6. The van der Waals surface area contributed by atoms with E-state index in [4.69, 9.17) is 17.2 Å². The van der Waals surface area contributed by atoms with Crippen molar-refractivity contribution in [3.05, 3.63) is 0 Å². The van der Waals surface area contributed by atoms with E-state index >= 15 is 0 Å². The summed E-state index contributed by atoms with van der Waals surface area (Å²) in [5.41, 5.74) is 16.1. The summed E-state index contributed by atoms with van der Waals surface area (Å²) >= 11 is 4.63. The minimum atomic E-state index is -0.325. The van der Waals surface area contributed by atoms with E-state index in [1.807, 2.05) is 69.2 Å². The van der Waals surface area contributed by atoms with Crippen LogP contribution in [0.5, 0.6) is 0 Å². The summed E-state index contributed by atoms with van der Waals surface area (Å²) in [6.45, 7) is 27.6. The van der Waals surface area contributed by atoms with Crippen LogP contribution in [0.25, 0.3) is 0 Å². The molecule has 0 aliphatic heterocycles. The van der Waals surface area contributed by atoms with Crippen LogP contribution in [0.1, 0.15) is 116 Å². The largest absolute Gasteiger partial charge is 0.369 e. The van der Waals surface area contributed by atoms with Crippen molar-refractivity contribution in [3.63, 3.8) is 0 Å². The molecule has 0 spiro atoms. The number of nitrogens with two attached hydrogens (primary N) is 3. The van der Waals surface area contributed by atoms with E-state index < -0.39 is 0 Å². The van der Waals surface area contributed by atoms with E-state index in [0.717, 1.165) is 18.6 Å². The van der Waals surface area contributed by atoms with Crippen LogP contribution in [-0.4, -0.2) is 80.7 Å². The molecule has 0 fully saturated rings. The third kappa shape index (κ3) is 29.6. The van der Waals surface area contributed by atoms with Gasteiger partial charge in [0.05, 0.1) is 29.2 Å². The van der Waals surface area contributed by atoms with Crippen LogP contribution < -0.4 is 22.5 Å². The highest BCUT2D eigenvalue weighted by Gasteiger charge is 2.35. The van der Waals surface area contributed by atoms with Gasteiger partial charge in [-0.2, -0.15) is 23.5 Å². The van der Waals surface area contributed by atoms with Gasteiger partial charge in [0.15, 0.2) is 0 Å². The van der Waals surface area contributed by atoms with Crippen molar-refractivity contribution < 1.29 is 28.8 Å². The van der Waals surface area contributed by atoms with E-state index in [0.29, 0.717) is 41.3 Å². The second kappa shape index (κ2) is 28.9. The number of Topliss-reactive ketones (excluding diaryl/α,β-unsaturated/α-hetero) is 3. The summed E-state index contributed by atoms with van der Waals surface area (Å²) in [5.74, 6) is 3.54. The lowest BCUT2D eigenvalue weighted by Crippen LogP contribution is -2.44. The Morgan fingerprint density at radius 3 is 1.37 bits per heavy atom. The molecule has 0 saturated heterocycles. The molecule has 0 heterocycles. The predicted octanol–water partition coefficient (Wildman–Crippen LogP) is 6.15. The maximum atomic E-state index is 11.7. The average molecular weight is 779 g/mol. The summed E-state index contributed by atoms with van der Waals surface area (Å²) in [6, 6.07) is -0.0635. The molecule has 10 nitrogen and oxygen atoms in total. The molecular weight excluding hydrogens is 705 g/mol. The van der Waals surface area contributed by atoms with Gasteiger partial charge >= 0.3 is 0 Å². The molecular formula is C38H74N4O6S3. The quantitative estimate of drug-likeness (QED) is 0.0782. The molecule has 3 unspecified atom stereocenters. The Morgan fingerprint density at radius 2 is 1.02 bits per heavy atom. The molecule has 0 aromatic rings. The summed E-state index contributed by atoms with van der Waals surface area (Å²) in [7, 11) is 0. The highest BCUT2D eigenvalue weighted by molar-refractivity contribution is 8.01. The highest BCUT2D eigenvalue weighted by Crippen LogP contribution is 2.36. The zero-order valence-electron chi connectivity index (χ0n) is 34.3. The number of primary amides is 3. The van der Waals surface area contributed by atoms with Crippen molar-refractivity contribution in [3.8, 4) is 0 Å². The van der Waals surface area contributed by atoms with Gasteiger partial charge in [0.2, 0.25) is 17.7 Å². The molecule has 0 radical (unpaired) electrons. The van der Waals surface area contributed by atoms with Gasteiger partial charge in [0.1, 0.15) is 17.3 Å². The number of hydrogen-bond acceptors (Lipinski definition) is 10. The third-order valence-electron chi connectivity index (χ3n) is 7.80. The van der Waals surface area contributed by atoms with Crippen LogP contribution in [0.15, 0.2) is 0 Å². The maximum Gasteiger partial charge on any atom is 0.234 e. The van der Waals surface area contributed by atoms with E-state index in [2.05, 4.69) is 33.0 Å². The summed E-state index contributed by atoms with van der Waals surface area (Å²) in [4.78, 5) is 68.3. The van der Waals surface area contributed by atoms with Gasteiger partial charge in [0, 0.05) is 40.2 Å². The molecule has 0 bridgehead atoms. The Bertz CT molecular complexity index is 1050. The number of ketones is 3. The van der Waals surface area contributed by atoms with Gasteiger partial charge in [-0.15, -0.1) is 11.8 Å². The van der Waals surface area contributed by atoms with E-state index in [-0.39, 0.29) is 81.5 Å². The topological polar surface area (TPSA) is 193 Å². The first kappa shape index (κ1) is 53.8. The number of nitrogens with one attached hydrogen (secondary N) is 1. The normalized spacial score (nSPS) is 13.4. The SMILES string of the molecule is CC(C)CC(C(N)=O)C(C)(C)SCC(=O)C(C)C.CC(C)CC(CSCC(=O)C(C)C)C(N)=O.CC(C)NC(CCSCC(=O)C(C)C)C(N)=O. The van der Waals surface area contributed by atoms with Crippen molar-refractivity contribution in [1.29, 1.82) is 0 Å². The molecule has 0 aliphatic rings. The molecule has 0 saturated carbocycles. The van der Waals surface area contributed by atoms with Crippen molar-refractivity contribution in [2.45, 2.75) is 133 Å². The molecule has 0 aromatic heterocycles. The van der Waals surface area contributed by atoms with E-state index in [9.17, 15) is 28.8 Å². The van der Waals surface area contributed by atoms with Gasteiger partial charge in [-0.05, 0) is 50.7 Å². The van der Waals surface area contributed by atoms with Crippen LogP contribution in [0.2, 0.25) is 0 Å². The standard InChI is InChI=1S/C14H27NO2S.C12H24N2O2S.C12H23NO2S/c1-9(2)7-11(13(15)17)14(5,6)18-8-12(16)10(3)4;1-8(2)11(15)7-17-6-5-10(12(13)16)14-9(3)4;1-8(2)5-10(12(13)15)6-16-7-11(14)9(3)4/h9-11H,7-8H2,1-6H3,(H2,15,17);8-10,14H,5-7H2,1-4H3,(H2,13,16);8-10H,5-7H2,1-4H3,(H2,13,15). The summed E-state index contributed by atoms with van der Waals surface area (Å²) < 4.78 is -0.291. The molecule has 0 aliphatic carbocycles. The fourth-order valence-corrected chi connectivity index (χ4v) is 7.87. The van der Waals surface area contributed by atoms with Crippen molar-refractivity contribution in [2.75, 3.05) is 28.8 Å². The van der Waals surface area contributed by atoms with Crippen LogP contribution in [-0.2, 0) is 28.8 Å². The van der Waals surface area contributed by atoms with Crippen LogP contribution in [0.4, 0.5) is 0 Å². The Kier molecular flexibility index (Phi) is 30.4. The van der Waals surface area contributed by atoms with Crippen molar-refractivity contribution in [2.24, 2.45) is 58.6 Å². The summed E-state index contributed by atoms with van der Waals surface area (Å²) in [6.07, 6.45) is 2.24. The number of hydrogen-bond donors (Lipinski definition) is 4. The zero-order valence-corrected chi connectivity index (χ0v) is 36.7. The second-order valence-electron chi connectivity index (χ2n) is 15.7. The molecule has 3 atom stereocenters. The molecule has 0 rings (SSSR count). The predicted molar refractivity (Wildman–Crippen MR) is 221 cm³/mol. The van der Waals surface area contributed by atoms with Crippen LogP contribution >= 0.6 is 35.3 Å². The minimum absolute atomic E-state index is 0.0467. The zero-order chi connectivity index (χ0) is 40.6. The minimum Gasteiger partial charge on any atom is -0.369 e. The average Bonchev–Trinajstić information content (AvgIpc) is 2.99.